The van der Waals surface area contributed by atoms with Crippen LogP contribution in [0.1, 0.15) is 34.7 Å². The maximum atomic E-state index is 12.3. The van der Waals surface area contributed by atoms with E-state index in [1.54, 1.807) is 18.2 Å². The number of hydrogen-bond acceptors (Lipinski definition) is 7. The zero-order valence-corrected chi connectivity index (χ0v) is 15.5. The first-order valence-corrected chi connectivity index (χ1v) is 8.85. The Balaban J connectivity index is 1.30. The first kappa shape index (κ1) is 17.9. The minimum atomic E-state index is -0.308. The molecule has 3 heterocycles. The fourth-order valence-electron chi connectivity index (χ4n) is 2.83. The van der Waals surface area contributed by atoms with Gasteiger partial charge in [0.2, 0.25) is 12.7 Å². The molecule has 2 N–H and O–H groups in total. The van der Waals surface area contributed by atoms with Gasteiger partial charge in [-0.25, -0.2) is 4.98 Å². The molecule has 1 aromatic carbocycles. The minimum Gasteiger partial charge on any atom is -0.484 e. The summed E-state index contributed by atoms with van der Waals surface area (Å²) in [7, 11) is 0. The lowest BCUT2D eigenvalue weighted by Crippen LogP contribution is -2.34. The number of rotatable bonds is 7. The van der Waals surface area contributed by atoms with Crippen LogP contribution in [0.2, 0.25) is 0 Å². The summed E-state index contributed by atoms with van der Waals surface area (Å²) < 4.78 is 21.5. The third-order valence-corrected chi connectivity index (χ3v) is 4.14. The van der Waals surface area contributed by atoms with E-state index in [0.29, 0.717) is 29.6 Å². The van der Waals surface area contributed by atoms with Crippen molar-refractivity contribution in [2.45, 2.75) is 32.9 Å². The van der Waals surface area contributed by atoms with Gasteiger partial charge in [0.25, 0.3) is 5.91 Å². The molecule has 1 aliphatic rings. The van der Waals surface area contributed by atoms with Crippen LogP contribution in [0.25, 0.3) is 0 Å². The monoisotopic (exact) mass is 384 g/mol. The predicted octanol–water partition coefficient (Wildman–Crippen LogP) is 2.37. The van der Waals surface area contributed by atoms with Gasteiger partial charge < -0.3 is 23.9 Å². The molecular weight excluding hydrogens is 364 g/mol. The molecule has 4 rings (SSSR count). The summed E-state index contributed by atoms with van der Waals surface area (Å²) >= 11 is 0. The lowest BCUT2D eigenvalue weighted by atomic mass is 10.1. The van der Waals surface area contributed by atoms with Gasteiger partial charge in [-0.3, -0.25) is 9.89 Å². The fourth-order valence-corrected chi connectivity index (χ4v) is 2.83. The van der Waals surface area contributed by atoms with Crippen LogP contribution in [0, 0.1) is 6.92 Å². The molecule has 0 saturated heterocycles. The van der Waals surface area contributed by atoms with E-state index in [0.717, 1.165) is 11.4 Å². The molecule has 146 valence electrons. The molecule has 2 aromatic heterocycles. The second-order valence-corrected chi connectivity index (χ2v) is 6.55. The highest BCUT2D eigenvalue weighted by molar-refractivity contribution is 5.92. The average molecular weight is 384 g/mol. The molecule has 0 fully saturated rings. The highest BCUT2D eigenvalue weighted by Crippen LogP contribution is 2.35. The number of carbonyl (C=O) groups excluding carboxylic acids is 1. The van der Waals surface area contributed by atoms with Crippen molar-refractivity contribution < 1.29 is 23.4 Å². The van der Waals surface area contributed by atoms with Crippen LogP contribution < -0.4 is 19.5 Å². The van der Waals surface area contributed by atoms with Crippen molar-refractivity contribution in [1.82, 2.24) is 20.5 Å². The highest BCUT2D eigenvalue weighted by atomic mass is 16.7. The molecule has 1 amide bonds. The highest BCUT2D eigenvalue weighted by Gasteiger charge is 2.17. The summed E-state index contributed by atoms with van der Waals surface area (Å²) in [5.41, 5.74) is 2.08. The number of carbonyl (C=O) groups is 1. The largest absolute Gasteiger partial charge is 0.484 e. The first-order chi connectivity index (χ1) is 13.6. The molecule has 9 heteroatoms. The van der Waals surface area contributed by atoms with Crippen LogP contribution >= 0.6 is 0 Å². The van der Waals surface area contributed by atoms with Crippen LogP contribution in [0.3, 0.4) is 0 Å². The number of nitrogens with one attached hydrogen (secondary N) is 2. The van der Waals surface area contributed by atoms with Crippen LogP contribution in [-0.2, 0) is 13.0 Å². The Bertz CT molecular complexity index is 980. The molecule has 0 radical (unpaired) electrons. The van der Waals surface area contributed by atoms with E-state index in [4.69, 9.17) is 18.6 Å². The number of ether oxygens (including phenoxy) is 3. The number of aromatic amines is 1. The number of aryl methyl sites for hydroxylation is 1. The van der Waals surface area contributed by atoms with Crippen molar-refractivity contribution in [2.75, 3.05) is 6.79 Å². The van der Waals surface area contributed by atoms with Crippen LogP contribution in [0.4, 0.5) is 0 Å². The summed E-state index contributed by atoms with van der Waals surface area (Å²) in [5.74, 6) is 1.90. The average Bonchev–Trinajstić information content (AvgIpc) is 3.40. The molecule has 0 spiro atoms. The fraction of sp³-hybridized carbons (Fsp3) is 0.316. The predicted molar refractivity (Wildman–Crippen MR) is 97.4 cm³/mol. The third-order valence-electron chi connectivity index (χ3n) is 4.14. The van der Waals surface area contributed by atoms with Crippen molar-refractivity contribution in [2.24, 2.45) is 0 Å². The summed E-state index contributed by atoms with van der Waals surface area (Å²) in [6, 6.07) is 7.12. The van der Waals surface area contributed by atoms with Gasteiger partial charge in [0.15, 0.2) is 23.8 Å². The zero-order chi connectivity index (χ0) is 19.5. The molecule has 1 aliphatic heterocycles. The maximum Gasteiger partial charge on any atom is 0.273 e. The summed E-state index contributed by atoms with van der Waals surface area (Å²) in [4.78, 5) is 16.5. The standard InChI is InChI=1S/C19H20N4O5/c1-11(5-13-6-12(2)22-23-13)20-19(24)15-8-26-18(21-15)9-25-14-3-4-16-17(7-14)28-10-27-16/h3-4,6-8,11H,5,9-10H2,1-2H3,(H,20,24)(H,22,23). The minimum absolute atomic E-state index is 0.0923. The molecule has 1 atom stereocenters. The van der Waals surface area contributed by atoms with E-state index in [9.17, 15) is 4.79 Å². The molecular formula is C19H20N4O5. The van der Waals surface area contributed by atoms with Crippen molar-refractivity contribution in [1.29, 1.82) is 0 Å². The molecule has 1 unspecified atom stereocenters. The van der Waals surface area contributed by atoms with E-state index < -0.39 is 0 Å². The molecule has 28 heavy (non-hydrogen) atoms. The van der Waals surface area contributed by atoms with Crippen LogP contribution in [0.5, 0.6) is 17.2 Å². The van der Waals surface area contributed by atoms with Gasteiger partial charge in [0, 0.05) is 24.2 Å². The normalized spacial score (nSPS) is 13.4. The maximum absolute atomic E-state index is 12.3. The lowest BCUT2D eigenvalue weighted by molar-refractivity contribution is 0.0935. The van der Waals surface area contributed by atoms with Gasteiger partial charge in [-0.15, -0.1) is 0 Å². The Morgan fingerprint density at radius 2 is 2.18 bits per heavy atom. The number of fused-ring (bicyclic) bond motifs is 1. The van der Waals surface area contributed by atoms with Crippen molar-refractivity contribution in [3.8, 4) is 17.2 Å². The van der Waals surface area contributed by atoms with E-state index in [1.807, 2.05) is 19.9 Å². The molecule has 0 bridgehead atoms. The number of aromatic nitrogens is 3. The van der Waals surface area contributed by atoms with E-state index in [-0.39, 0.29) is 31.0 Å². The van der Waals surface area contributed by atoms with Crippen molar-refractivity contribution in [3.63, 3.8) is 0 Å². The second kappa shape index (κ2) is 7.63. The Labute approximate surface area is 161 Å². The SMILES string of the molecule is Cc1cc(CC(C)NC(=O)c2coc(COc3ccc4c(c3)OCO4)n2)n[nH]1. The number of nitrogens with zero attached hydrogens (tertiary/aromatic N) is 2. The zero-order valence-electron chi connectivity index (χ0n) is 15.5. The van der Waals surface area contributed by atoms with Gasteiger partial charge in [0.05, 0.1) is 5.69 Å². The number of hydrogen-bond donors (Lipinski definition) is 2. The van der Waals surface area contributed by atoms with E-state index in [2.05, 4.69) is 20.5 Å². The van der Waals surface area contributed by atoms with E-state index in [1.165, 1.54) is 6.26 Å². The van der Waals surface area contributed by atoms with Crippen molar-refractivity contribution in [3.05, 3.63) is 53.5 Å². The Morgan fingerprint density at radius 1 is 1.32 bits per heavy atom. The number of benzene rings is 1. The van der Waals surface area contributed by atoms with Gasteiger partial charge in [0.1, 0.15) is 12.0 Å². The van der Waals surface area contributed by atoms with E-state index >= 15 is 0 Å². The Kier molecular flexibility index (Phi) is 4.88. The summed E-state index contributed by atoms with van der Waals surface area (Å²) in [5, 5.41) is 9.94. The van der Waals surface area contributed by atoms with Crippen molar-refractivity contribution >= 4 is 5.91 Å². The third kappa shape index (κ3) is 4.08. The smallest absolute Gasteiger partial charge is 0.273 e. The lowest BCUT2D eigenvalue weighted by Gasteiger charge is -2.10. The topological polar surface area (TPSA) is 112 Å². The van der Waals surface area contributed by atoms with Gasteiger partial charge in [-0.1, -0.05) is 0 Å². The number of amides is 1. The Hall–Kier alpha value is -3.49. The molecule has 9 nitrogen and oxygen atoms in total. The van der Waals surface area contributed by atoms with Crippen LogP contribution in [-0.4, -0.2) is 33.9 Å². The van der Waals surface area contributed by atoms with Gasteiger partial charge in [-0.2, -0.15) is 5.10 Å². The first-order valence-electron chi connectivity index (χ1n) is 8.85. The molecule has 0 aliphatic carbocycles. The number of oxazole rings is 1. The molecule has 3 aromatic rings. The van der Waals surface area contributed by atoms with Crippen LogP contribution in [0.15, 0.2) is 34.9 Å². The quantitative estimate of drug-likeness (QED) is 0.643. The number of H-pyrrole nitrogens is 1. The van der Waals surface area contributed by atoms with Gasteiger partial charge in [-0.05, 0) is 32.0 Å². The molecule has 0 saturated carbocycles. The second-order valence-electron chi connectivity index (χ2n) is 6.55. The summed E-state index contributed by atoms with van der Waals surface area (Å²) in [6.07, 6.45) is 1.94. The van der Waals surface area contributed by atoms with Gasteiger partial charge >= 0.3 is 0 Å². The Morgan fingerprint density at radius 3 is 3.00 bits per heavy atom. The summed E-state index contributed by atoms with van der Waals surface area (Å²) in [6.45, 7) is 4.14.